The fourth-order valence-electron chi connectivity index (χ4n) is 4.91. The number of hydrogen-bond donors (Lipinski definition) is 1. The first-order chi connectivity index (χ1) is 14.4. The highest BCUT2D eigenvalue weighted by molar-refractivity contribution is 7.89. The second-order valence-corrected chi connectivity index (χ2v) is 10.6. The predicted molar refractivity (Wildman–Crippen MR) is 115 cm³/mol. The third-order valence-electron chi connectivity index (χ3n) is 6.51. The van der Waals surface area contributed by atoms with E-state index in [-0.39, 0.29) is 23.4 Å². The summed E-state index contributed by atoms with van der Waals surface area (Å²) in [4.78, 5) is 18.1. The summed E-state index contributed by atoms with van der Waals surface area (Å²) in [5.74, 6) is 0.0806. The van der Waals surface area contributed by atoms with Crippen molar-refractivity contribution in [2.45, 2.75) is 44.9 Å². The van der Waals surface area contributed by atoms with E-state index < -0.39 is 10.0 Å². The van der Waals surface area contributed by atoms with Gasteiger partial charge in [-0.15, -0.1) is 0 Å². The minimum atomic E-state index is -3.26. The number of amides is 1. The lowest BCUT2D eigenvalue weighted by Crippen LogP contribution is -2.48. The number of fused-ring (bicyclic) bond motifs is 1. The largest absolute Gasteiger partial charge is 0.361 e. The van der Waals surface area contributed by atoms with Gasteiger partial charge in [0.15, 0.2) is 0 Å². The average Bonchev–Trinajstić information content (AvgIpc) is 3.16. The van der Waals surface area contributed by atoms with Gasteiger partial charge in [-0.05, 0) is 61.8 Å². The van der Waals surface area contributed by atoms with Gasteiger partial charge in [-0.25, -0.2) is 17.1 Å². The number of aromatic amines is 1. The zero-order valence-electron chi connectivity index (χ0n) is 17.4. The summed E-state index contributed by atoms with van der Waals surface area (Å²) in [6.45, 7) is 4.05. The predicted octanol–water partition coefficient (Wildman–Crippen LogP) is 3.46. The summed E-state index contributed by atoms with van der Waals surface area (Å²) in [5, 5.41) is 1.05. The Hall–Kier alpha value is -1.93. The maximum atomic E-state index is 13.4. The number of carbonyl (C=O) groups excluding carboxylic acids is 1. The van der Waals surface area contributed by atoms with E-state index in [2.05, 4.69) is 4.98 Å². The third-order valence-corrected chi connectivity index (χ3v) is 8.55. The molecule has 2 aromatic rings. The fourth-order valence-corrected chi connectivity index (χ4v) is 6.50. The van der Waals surface area contributed by atoms with Crippen molar-refractivity contribution < 1.29 is 17.6 Å². The Morgan fingerprint density at radius 2 is 1.97 bits per heavy atom. The number of hydrogen-bond acceptors (Lipinski definition) is 3. The lowest BCUT2D eigenvalue weighted by atomic mass is 9.88. The molecule has 0 bridgehead atoms. The van der Waals surface area contributed by atoms with E-state index in [0.717, 1.165) is 36.6 Å². The molecule has 2 saturated heterocycles. The summed E-state index contributed by atoms with van der Waals surface area (Å²) in [7, 11) is -3.26. The van der Waals surface area contributed by atoms with Gasteiger partial charge in [-0.2, -0.15) is 0 Å². The highest BCUT2D eigenvalue weighted by Crippen LogP contribution is 2.34. The van der Waals surface area contributed by atoms with Crippen molar-refractivity contribution in [1.82, 2.24) is 14.2 Å². The number of likely N-dealkylation sites (tertiary alicyclic amines) is 1. The van der Waals surface area contributed by atoms with Gasteiger partial charge in [0.2, 0.25) is 15.9 Å². The molecule has 1 unspecified atom stereocenters. The van der Waals surface area contributed by atoms with E-state index in [4.69, 9.17) is 0 Å². The van der Waals surface area contributed by atoms with Gasteiger partial charge < -0.3 is 9.88 Å². The van der Waals surface area contributed by atoms with Gasteiger partial charge in [0, 0.05) is 43.3 Å². The number of carbonyl (C=O) groups is 1. The topological polar surface area (TPSA) is 73.5 Å². The molecule has 1 N–H and O–H groups in total. The van der Waals surface area contributed by atoms with Crippen LogP contribution in [0, 0.1) is 11.7 Å². The van der Waals surface area contributed by atoms with E-state index in [1.807, 2.05) is 24.1 Å². The molecule has 2 aliphatic rings. The number of rotatable bonds is 5. The van der Waals surface area contributed by atoms with Crippen molar-refractivity contribution in [3.8, 4) is 0 Å². The molecule has 8 heteroatoms. The second-order valence-electron chi connectivity index (χ2n) is 8.55. The molecule has 0 spiro atoms. The van der Waals surface area contributed by atoms with Crippen LogP contribution in [-0.4, -0.2) is 60.4 Å². The lowest BCUT2D eigenvalue weighted by molar-refractivity contribution is -0.137. The van der Waals surface area contributed by atoms with Gasteiger partial charge in [-0.1, -0.05) is 6.92 Å². The first kappa shape index (κ1) is 21.3. The smallest absolute Gasteiger partial charge is 0.227 e. The molecular formula is C22H30FN3O3S. The standard InChI is InChI=1S/C22H30FN3O3S/c1-2-12-30(28,29)26-9-3-4-17(15-26)22(27)25-10-7-16(8-11-25)20-14-24-21-13-18(23)5-6-19(20)21/h5-6,13-14,16-17,24H,2-4,7-12,15H2,1H3. The molecule has 1 aromatic carbocycles. The Bertz CT molecular complexity index is 1010. The Morgan fingerprint density at radius 3 is 2.70 bits per heavy atom. The van der Waals surface area contributed by atoms with Crippen molar-refractivity contribution in [2.75, 3.05) is 31.9 Å². The molecule has 30 heavy (non-hydrogen) atoms. The highest BCUT2D eigenvalue weighted by atomic mass is 32.2. The van der Waals surface area contributed by atoms with Crippen LogP contribution in [0.1, 0.15) is 50.5 Å². The molecule has 0 aliphatic carbocycles. The number of piperidine rings is 2. The zero-order valence-corrected chi connectivity index (χ0v) is 18.3. The van der Waals surface area contributed by atoms with Crippen molar-refractivity contribution in [3.05, 3.63) is 35.8 Å². The van der Waals surface area contributed by atoms with E-state index in [1.165, 1.54) is 22.0 Å². The van der Waals surface area contributed by atoms with Crippen LogP contribution in [0.4, 0.5) is 4.39 Å². The van der Waals surface area contributed by atoms with Crippen LogP contribution in [0.2, 0.25) is 0 Å². The molecule has 0 saturated carbocycles. The summed E-state index contributed by atoms with van der Waals surface area (Å²) in [6, 6.07) is 4.82. The van der Waals surface area contributed by atoms with Gasteiger partial charge in [0.1, 0.15) is 5.82 Å². The molecule has 6 nitrogen and oxygen atoms in total. The zero-order chi connectivity index (χ0) is 21.3. The van der Waals surface area contributed by atoms with Crippen molar-refractivity contribution in [3.63, 3.8) is 0 Å². The van der Waals surface area contributed by atoms with Crippen molar-refractivity contribution in [2.24, 2.45) is 5.92 Å². The molecule has 0 radical (unpaired) electrons. The van der Waals surface area contributed by atoms with Gasteiger partial charge in [-0.3, -0.25) is 4.79 Å². The minimum absolute atomic E-state index is 0.0887. The van der Waals surface area contributed by atoms with Gasteiger partial charge in [0.25, 0.3) is 0 Å². The molecule has 1 aromatic heterocycles. The van der Waals surface area contributed by atoms with Crippen LogP contribution in [-0.2, 0) is 14.8 Å². The Labute approximate surface area is 177 Å². The third kappa shape index (κ3) is 4.25. The number of benzene rings is 1. The first-order valence-electron chi connectivity index (χ1n) is 10.9. The Kier molecular flexibility index (Phi) is 6.16. The Morgan fingerprint density at radius 1 is 1.20 bits per heavy atom. The quantitative estimate of drug-likeness (QED) is 0.782. The summed E-state index contributed by atoms with van der Waals surface area (Å²) < 4.78 is 39.8. The number of H-pyrrole nitrogens is 1. The SMILES string of the molecule is CCCS(=O)(=O)N1CCCC(C(=O)N2CCC(c3c[nH]c4cc(F)ccc34)CC2)C1. The number of halogens is 1. The highest BCUT2D eigenvalue weighted by Gasteiger charge is 2.35. The average molecular weight is 436 g/mol. The number of aromatic nitrogens is 1. The molecular weight excluding hydrogens is 405 g/mol. The van der Waals surface area contributed by atoms with Crippen molar-refractivity contribution in [1.29, 1.82) is 0 Å². The lowest BCUT2D eigenvalue weighted by Gasteiger charge is -2.37. The normalized spacial score (nSPS) is 21.9. The summed E-state index contributed by atoms with van der Waals surface area (Å²) in [5.41, 5.74) is 1.99. The first-order valence-corrected chi connectivity index (χ1v) is 12.5. The van der Waals surface area contributed by atoms with E-state index in [0.29, 0.717) is 38.5 Å². The summed E-state index contributed by atoms with van der Waals surface area (Å²) in [6.07, 6.45) is 5.77. The van der Waals surface area contributed by atoms with Crippen LogP contribution >= 0.6 is 0 Å². The number of nitrogens with zero attached hydrogens (tertiary/aromatic N) is 2. The van der Waals surface area contributed by atoms with Gasteiger partial charge in [0.05, 0.1) is 11.7 Å². The van der Waals surface area contributed by atoms with Crippen LogP contribution in [0.25, 0.3) is 10.9 Å². The summed E-state index contributed by atoms with van der Waals surface area (Å²) >= 11 is 0. The van der Waals surface area contributed by atoms with E-state index in [9.17, 15) is 17.6 Å². The van der Waals surface area contributed by atoms with E-state index >= 15 is 0 Å². The maximum Gasteiger partial charge on any atom is 0.227 e. The molecule has 2 fully saturated rings. The molecule has 3 heterocycles. The molecule has 1 amide bonds. The van der Waals surface area contributed by atoms with Crippen LogP contribution in [0.5, 0.6) is 0 Å². The monoisotopic (exact) mass is 435 g/mol. The van der Waals surface area contributed by atoms with E-state index in [1.54, 1.807) is 0 Å². The maximum absolute atomic E-state index is 13.4. The van der Waals surface area contributed by atoms with Crippen LogP contribution in [0.15, 0.2) is 24.4 Å². The van der Waals surface area contributed by atoms with Crippen LogP contribution in [0.3, 0.4) is 0 Å². The molecule has 1 atom stereocenters. The molecule has 4 rings (SSSR count). The van der Waals surface area contributed by atoms with Crippen molar-refractivity contribution >= 4 is 26.8 Å². The minimum Gasteiger partial charge on any atom is -0.361 e. The number of nitrogens with one attached hydrogen (secondary N) is 1. The second kappa shape index (κ2) is 8.67. The van der Waals surface area contributed by atoms with Crippen LogP contribution < -0.4 is 0 Å². The molecule has 2 aliphatic heterocycles. The molecule has 164 valence electrons. The number of sulfonamides is 1. The van der Waals surface area contributed by atoms with Gasteiger partial charge >= 0.3 is 0 Å². The Balaban J connectivity index is 1.38. The fraction of sp³-hybridized carbons (Fsp3) is 0.591.